The second-order valence-corrected chi connectivity index (χ2v) is 9.51. The predicted molar refractivity (Wildman–Crippen MR) is 124 cm³/mol. The van der Waals surface area contributed by atoms with E-state index in [-0.39, 0.29) is 55.2 Å². The minimum absolute atomic E-state index is 0.0275. The first-order valence-electron chi connectivity index (χ1n) is 11.4. The van der Waals surface area contributed by atoms with Gasteiger partial charge in [-0.2, -0.15) is 0 Å². The van der Waals surface area contributed by atoms with Crippen molar-refractivity contribution in [1.29, 1.82) is 0 Å². The number of carboxylic acid groups (broad SMARTS) is 1. The van der Waals surface area contributed by atoms with Crippen LogP contribution in [0.2, 0.25) is 0 Å². The van der Waals surface area contributed by atoms with Gasteiger partial charge in [0.05, 0.1) is 31.1 Å². The third kappa shape index (κ3) is 7.87. The van der Waals surface area contributed by atoms with E-state index in [4.69, 9.17) is 9.84 Å². The number of carbonyl (C=O) groups is 3. The van der Waals surface area contributed by atoms with Crippen molar-refractivity contribution in [1.82, 2.24) is 10.4 Å². The smallest absolute Gasteiger partial charge is 0.303 e. The van der Waals surface area contributed by atoms with Crippen molar-refractivity contribution >= 4 is 29.5 Å². The fraction of sp³-hybridized carbons (Fsp3) is 0.542. The van der Waals surface area contributed by atoms with Crippen molar-refractivity contribution in [2.45, 2.75) is 55.6 Å². The molecule has 2 amide bonds. The van der Waals surface area contributed by atoms with Gasteiger partial charge in [0.1, 0.15) is 0 Å². The van der Waals surface area contributed by atoms with Crippen molar-refractivity contribution in [3.8, 4) is 0 Å². The lowest BCUT2D eigenvalue weighted by molar-refractivity contribution is -0.168. The Labute approximate surface area is 198 Å². The van der Waals surface area contributed by atoms with Crippen LogP contribution in [0.15, 0.2) is 47.4 Å². The fourth-order valence-corrected chi connectivity index (χ4v) is 5.23. The van der Waals surface area contributed by atoms with Crippen LogP contribution in [0.3, 0.4) is 0 Å². The molecule has 8 nitrogen and oxygen atoms in total. The number of thioether (sulfide) groups is 1. The molecule has 0 aliphatic carbocycles. The van der Waals surface area contributed by atoms with Crippen molar-refractivity contribution in [2.75, 3.05) is 18.8 Å². The second-order valence-electron chi connectivity index (χ2n) is 8.47. The van der Waals surface area contributed by atoms with Gasteiger partial charge in [0, 0.05) is 17.2 Å². The quantitative estimate of drug-likeness (QED) is 0.132. The SMILES string of the molecule is O=C(O)CCC/C=C\C[C@H]1[C@@H](CN(O)C(=O)CNC(=O)CSc2ccccc2)[C@H]2CC[C@@H]1O2. The van der Waals surface area contributed by atoms with E-state index in [2.05, 4.69) is 11.4 Å². The summed E-state index contributed by atoms with van der Waals surface area (Å²) in [5, 5.41) is 22.3. The first-order chi connectivity index (χ1) is 15.9. The normalized spacial score (nSPS) is 23.7. The lowest BCUT2D eigenvalue weighted by Gasteiger charge is -2.29. The number of nitrogens with one attached hydrogen (secondary N) is 1. The van der Waals surface area contributed by atoms with Crippen LogP contribution >= 0.6 is 11.8 Å². The molecule has 2 bridgehead atoms. The number of hydrogen-bond donors (Lipinski definition) is 3. The molecule has 2 saturated heterocycles. The van der Waals surface area contributed by atoms with E-state index in [0.29, 0.717) is 17.9 Å². The third-order valence-corrected chi connectivity index (χ3v) is 7.16. The van der Waals surface area contributed by atoms with Gasteiger partial charge in [-0.3, -0.25) is 19.6 Å². The zero-order valence-corrected chi connectivity index (χ0v) is 19.4. The number of unbranched alkanes of at least 4 members (excludes halogenated alkanes) is 1. The van der Waals surface area contributed by atoms with E-state index in [1.54, 1.807) is 0 Å². The molecule has 3 rings (SSSR count). The van der Waals surface area contributed by atoms with Crippen LogP contribution in [-0.2, 0) is 19.1 Å². The highest BCUT2D eigenvalue weighted by atomic mass is 32.2. The number of hydroxylamine groups is 2. The number of ether oxygens (including phenoxy) is 1. The Morgan fingerprint density at radius 1 is 1.12 bits per heavy atom. The zero-order chi connectivity index (χ0) is 23.6. The molecule has 0 unspecified atom stereocenters. The number of benzene rings is 1. The zero-order valence-electron chi connectivity index (χ0n) is 18.6. The summed E-state index contributed by atoms with van der Waals surface area (Å²) in [6.07, 6.45) is 8.36. The lowest BCUT2D eigenvalue weighted by atomic mass is 9.77. The topological polar surface area (TPSA) is 116 Å². The summed E-state index contributed by atoms with van der Waals surface area (Å²) in [6, 6.07) is 9.53. The minimum Gasteiger partial charge on any atom is -0.481 e. The van der Waals surface area contributed by atoms with E-state index < -0.39 is 11.9 Å². The van der Waals surface area contributed by atoms with Gasteiger partial charge >= 0.3 is 5.97 Å². The summed E-state index contributed by atoms with van der Waals surface area (Å²) in [5.41, 5.74) is 0. The molecule has 2 aliphatic heterocycles. The summed E-state index contributed by atoms with van der Waals surface area (Å²) in [4.78, 5) is 35.9. The highest BCUT2D eigenvalue weighted by Gasteiger charge is 2.48. The number of aliphatic carboxylic acids is 1. The van der Waals surface area contributed by atoms with Gasteiger partial charge in [-0.05, 0) is 50.2 Å². The summed E-state index contributed by atoms with van der Waals surface area (Å²) < 4.78 is 6.03. The van der Waals surface area contributed by atoms with Crippen LogP contribution in [0.4, 0.5) is 0 Å². The third-order valence-electron chi connectivity index (χ3n) is 6.15. The Kier molecular flexibility index (Phi) is 9.77. The molecule has 0 radical (unpaired) electrons. The van der Waals surface area contributed by atoms with Gasteiger partial charge in [-0.1, -0.05) is 30.4 Å². The van der Waals surface area contributed by atoms with E-state index in [0.717, 1.165) is 24.2 Å². The van der Waals surface area contributed by atoms with Gasteiger partial charge in [0.2, 0.25) is 5.91 Å². The van der Waals surface area contributed by atoms with Crippen molar-refractivity contribution in [3.05, 3.63) is 42.5 Å². The van der Waals surface area contributed by atoms with E-state index in [9.17, 15) is 19.6 Å². The number of nitrogens with zero attached hydrogens (tertiary/aromatic N) is 1. The standard InChI is InChI=1S/C24H32N2O6S/c27-22(16-33-17-8-4-3-5-9-17)25-14-23(28)26(31)15-19-18(20-12-13-21(19)32-20)10-6-1-2-7-11-24(29)30/h1,3-6,8-9,18-21,31H,2,7,10-16H2,(H,25,27)(H,29,30)/b6-1-/t18-,19+,20-,21+/m0/s1. The molecule has 1 aromatic carbocycles. The lowest BCUT2D eigenvalue weighted by Crippen LogP contribution is -2.44. The molecule has 180 valence electrons. The van der Waals surface area contributed by atoms with E-state index in [1.807, 2.05) is 36.4 Å². The van der Waals surface area contributed by atoms with Crippen molar-refractivity contribution in [2.24, 2.45) is 11.8 Å². The highest BCUT2D eigenvalue weighted by molar-refractivity contribution is 8.00. The molecule has 0 spiro atoms. The minimum atomic E-state index is -0.788. The summed E-state index contributed by atoms with van der Waals surface area (Å²) in [5.74, 6) is -1.16. The van der Waals surface area contributed by atoms with E-state index >= 15 is 0 Å². The van der Waals surface area contributed by atoms with Crippen LogP contribution in [0.5, 0.6) is 0 Å². The number of carbonyl (C=O) groups excluding carboxylic acids is 2. The fourth-order valence-electron chi connectivity index (χ4n) is 4.48. The number of rotatable bonds is 13. The van der Waals surface area contributed by atoms with Gasteiger partial charge in [0.15, 0.2) is 0 Å². The number of fused-ring (bicyclic) bond motifs is 2. The highest BCUT2D eigenvalue weighted by Crippen LogP contribution is 2.45. The van der Waals surface area contributed by atoms with Crippen molar-refractivity contribution in [3.63, 3.8) is 0 Å². The van der Waals surface area contributed by atoms with Crippen molar-refractivity contribution < 1.29 is 29.4 Å². The Morgan fingerprint density at radius 3 is 2.58 bits per heavy atom. The molecule has 2 aliphatic rings. The Morgan fingerprint density at radius 2 is 1.85 bits per heavy atom. The maximum atomic E-state index is 12.4. The Bertz CT molecular complexity index is 834. The number of amides is 2. The molecule has 3 N–H and O–H groups in total. The number of carboxylic acids is 1. The molecule has 0 saturated carbocycles. The Hall–Kier alpha value is -2.36. The molecule has 2 fully saturated rings. The molecule has 4 atom stereocenters. The second kappa shape index (κ2) is 12.8. The van der Waals surface area contributed by atoms with Gasteiger partial charge < -0.3 is 15.2 Å². The Balaban J connectivity index is 1.40. The first kappa shape index (κ1) is 25.3. The van der Waals surface area contributed by atoms with Gasteiger partial charge in [-0.15, -0.1) is 11.8 Å². The largest absolute Gasteiger partial charge is 0.481 e. The molecular formula is C24H32N2O6S. The maximum absolute atomic E-state index is 12.4. The van der Waals surface area contributed by atoms with Gasteiger partial charge in [0.25, 0.3) is 5.91 Å². The summed E-state index contributed by atoms with van der Waals surface area (Å²) in [6.45, 7) is -0.0767. The average Bonchev–Trinajstić information content (AvgIpc) is 3.41. The number of hydrogen-bond acceptors (Lipinski definition) is 6. The average molecular weight is 477 g/mol. The molecule has 33 heavy (non-hydrogen) atoms. The molecule has 1 aromatic rings. The molecule has 9 heteroatoms. The van der Waals surface area contributed by atoms with Crippen LogP contribution in [0.1, 0.15) is 38.5 Å². The van der Waals surface area contributed by atoms with Crippen LogP contribution in [0, 0.1) is 11.8 Å². The summed E-state index contributed by atoms with van der Waals surface area (Å²) in [7, 11) is 0. The first-order valence-corrected chi connectivity index (χ1v) is 12.4. The summed E-state index contributed by atoms with van der Waals surface area (Å²) >= 11 is 1.39. The van der Waals surface area contributed by atoms with Crippen LogP contribution in [0.25, 0.3) is 0 Å². The van der Waals surface area contributed by atoms with Crippen LogP contribution in [-0.4, -0.2) is 64.2 Å². The number of allylic oxidation sites excluding steroid dienone is 2. The molecule has 2 heterocycles. The van der Waals surface area contributed by atoms with Crippen LogP contribution < -0.4 is 5.32 Å². The van der Waals surface area contributed by atoms with Gasteiger partial charge in [-0.25, -0.2) is 5.06 Å². The maximum Gasteiger partial charge on any atom is 0.303 e. The molecule has 0 aromatic heterocycles. The van der Waals surface area contributed by atoms with E-state index in [1.165, 1.54) is 11.8 Å². The molecular weight excluding hydrogens is 444 g/mol. The predicted octanol–water partition coefficient (Wildman–Crippen LogP) is 3.11. The monoisotopic (exact) mass is 476 g/mol.